The number of nitrogens with zero attached hydrogens (tertiary/aromatic N) is 1. The van der Waals surface area contributed by atoms with Crippen molar-refractivity contribution in [2.75, 3.05) is 0 Å². The van der Waals surface area contributed by atoms with Crippen LogP contribution < -0.4 is 5.73 Å². The van der Waals surface area contributed by atoms with E-state index in [1.165, 1.54) is 0 Å². The number of hydrogen-bond donors (Lipinski definition) is 1. The average Bonchev–Trinajstić information content (AvgIpc) is 1.88. The third-order valence-electron chi connectivity index (χ3n) is 1.41. The van der Waals surface area contributed by atoms with Crippen LogP contribution in [0.25, 0.3) is 0 Å². The van der Waals surface area contributed by atoms with Gasteiger partial charge in [0, 0.05) is 17.9 Å². The number of halogens is 2. The van der Waals surface area contributed by atoms with E-state index in [0.29, 0.717) is 0 Å². The van der Waals surface area contributed by atoms with Gasteiger partial charge in [-0.2, -0.15) is 0 Å². The molecule has 0 unspecified atom stereocenters. The van der Waals surface area contributed by atoms with E-state index in [9.17, 15) is 0 Å². The molecular formula is C8H14Cl2N2. The highest BCUT2D eigenvalue weighted by molar-refractivity contribution is 5.85. The van der Waals surface area contributed by atoms with Crippen LogP contribution in [0.2, 0.25) is 0 Å². The molecule has 2 nitrogen and oxygen atoms in total. The van der Waals surface area contributed by atoms with E-state index in [1.807, 2.05) is 26.0 Å². The van der Waals surface area contributed by atoms with Gasteiger partial charge in [-0.05, 0) is 25.5 Å². The second kappa shape index (κ2) is 5.36. The van der Waals surface area contributed by atoms with Crippen molar-refractivity contribution in [2.45, 2.75) is 19.4 Å². The van der Waals surface area contributed by atoms with Crippen molar-refractivity contribution in [1.29, 1.82) is 0 Å². The van der Waals surface area contributed by atoms with Crippen molar-refractivity contribution in [3.8, 4) is 0 Å². The highest BCUT2D eigenvalue weighted by Crippen LogP contribution is 2.13. The molecule has 0 saturated carbocycles. The third-order valence-corrected chi connectivity index (χ3v) is 1.41. The highest BCUT2D eigenvalue weighted by atomic mass is 35.5. The molecule has 1 rings (SSSR count). The monoisotopic (exact) mass is 208 g/mol. The molecule has 70 valence electrons. The summed E-state index contributed by atoms with van der Waals surface area (Å²) in [4.78, 5) is 3.97. The zero-order chi connectivity index (χ0) is 7.61. The topological polar surface area (TPSA) is 38.9 Å². The first-order valence-corrected chi connectivity index (χ1v) is 3.30. The lowest BCUT2D eigenvalue weighted by Crippen LogP contribution is -2.28. The van der Waals surface area contributed by atoms with E-state index in [4.69, 9.17) is 5.73 Å². The van der Waals surface area contributed by atoms with Gasteiger partial charge in [-0.25, -0.2) is 0 Å². The molecule has 1 aromatic rings. The fourth-order valence-electron chi connectivity index (χ4n) is 0.744. The summed E-state index contributed by atoms with van der Waals surface area (Å²) in [6, 6.07) is 3.87. The predicted molar refractivity (Wildman–Crippen MR) is 55.9 cm³/mol. The average molecular weight is 209 g/mol. The van der Waals surface area contributed by atoms with E-state index < -0.39 is 0 Å². The van der Waals surface area contributed by atoms with Crippen LogP contribution in [0.5, 0.6) is 0 Å². The number of rotatable bonds is 1. The molecule has 2 N–H and O–H groups in total. The Morgan fingerprint density at radius 1 is 1.33 bits per heavy atom. The summed E-state index contributed by atoms with van der Waals surface area (Å²) in [6.07, 6.45) is 3.54. The Bertz CT molecular complexity index is 206. The SMILES string of the molecule is CC(C)(N)c1cccnc1.Cl.Cl. The molecule has 4 heteroatoms. The summed E-state index contributed by atoms with van der Waals surface area (Å²) in [5.41, 5.74) is 6.61. The molecule has 0 aliphatic rings. The van der Waals surface area contributed by atoms with Gasteiger partial charge in [0.1, 0.15) is 0 Å². The number of hydrogen-bond acceptors (Lipinski definition) is 2. The third kappa shape index (κ3) is 3.90. The number of pyridine rings is 1. The Balaban J connectivity index is 0. The molecular weight excluding hydrogens is 195 g/mol. The maximum atomic E-state index is 5.82. The normalized spacial score (nSPS) is 9.58. The van der Waals surface area contributed by atoms with Crippen LogP contribution >= 0.6 is 24.8 Å². The Kier molecular flexibility index (Phi) is 6.35. The van der Waals surface area contributed by atoms with E-state index in [2.05, 4.69) is 4.98 Å². The molecule has 0 aromatic carbocycles. The highest BCUT2D eigenvalue weighted by Gasteiger charge is 2.12. The molecule has 0 fully saturated rings. The van der Waals surface area contributed by atoms with Gasteiger partial charge in [0.25, 0.3) is 0 Å². The Labute approximate surface area is 85.4 Å². The Hall–Kier alpha value is -0.310. The molecule has 1 aromatic heterocycles. The van der Waals surface area contributed by atoms with Gasteiger partial charge in [-0.3, -0.25) is 4.98 Å². The summed E-state index contributed by atoms with van der Waals surface area (Å²) in [5.74, 6) is 0. The Morgan fingerprint density at radius 2 is 1.92 bits per heavy atom. The van der Waals surface area contributed by atoms with Gasteiger partial charge in [-0.15, -0.1) is 24.8 Å². The number of nitrogens with two attached hydrogens (primary N) is 1. The fourth-order valence-corrected chi connectivity index (χ4v) is 0.744. The van der Waals surface area contributed by atoms with Crippen LogP contribution in [0.4, 0.5) is 0 Å². The first-order chi connectivity index (χ1) is 4.61. The first kappa shape index (κ1) is 14.2. The molecule has 1 heterocycles. The van der Waals surface area contributed by atoms with Crippen LogP contribution in [0.15, 0.2) is 24.5 Å². The summed E-state index contributed by atoms with van der Waals surface area (Å²) < 4.78 is 0. The molecule has 0 saturated heterocycles. The van der Waals surface area contributed by atoms with E-state index >= 15 is 0 Å². The molecule has 0 spiro atoms. The van der Waals surface area contributed by atoms with Crippen LogP contribution in [0.3, 0.4) is 0 Å². The maximum Gasteiger partial charge on any atom is 0.0367 e. The quantitative estimate of drug-likeness (QED) is 0.769. The second-order valence-corrected chi connectivity index (χ2v) is 2.96. The van der Waals surface area contributed by atoms with Crippen molar-refractivity contribution in [2.24, 2.45) is 5.73 Å². The van der Waals surface area contributed by atoms with Crippen LogP contribution in [0, 0.1) is 0 Å². The van der Waals surface area contributed by atoms with E-state index in [0.717, 1.165) is 5.56 Å². The minimum atomic E-state index is -0.270. The van der Waals surface area contributed by atoms with E-state index in [-0.39, 0.29) is 30.4 Å². The summed E-state index contributed by atoms with van der Waals surface area (Å²) in [6.45, 7) is 3.92. The van der Waals surface area contributed by atoms with Crippen molar-refractivity contribution in [3.63, 3.8) is 0 Å². The zero-order valence-electron chi connectivity index (χ0n) is 7.15. The fraction of sp³-hybridized carbons (Fsp3) is 0.375. The zero-order valence-corrected chi connectivity index (χ0v) is 8.78. The molecule has 12 heavy (non-hydrogen) atoms. The van der Waals surface area contributed by atoms with Crippen molar-refractivity contribution >= 4 is 24.8 Å². The van der Waals surface area contributed by atoms with Gasteiger partial charge in [0.15, 0.2) is 0 Å². The lowest BCUT2D eigenvalue weighted by molar-refractivity contribution is 0.552. The van der Waals surface area contributed by atoms with Crippen molar-refractivity contribution in [3.05, 3.63) is 30.1 Å². The molecule has 0 bridgehead atoms. The largest absolute Gasteiger partial charge is 0.322 e. The van der Waals surface area contributed by atoms with Crippen LogP contribution in [-0.4, -0.2) is 4.98 Å². The van der Waals surface area contributed by atoms with Crippen LogP contribution in [0.1, 0.15) is 19.4 Å². The van der Waals surface area contributed by atoms with Gasteiger partial charge < -0.3 is 5.73 Å². The lowest BCUT2D eigenvalue weighted by Gasteiger charge is -2.17. The van der Waals surface area contributed by atoms with Gasteiger partial charge in [0.05, 0.1) is 0 Å². The van der Waals surface area contributed by atoms with Crippen LogP contribution in [-0.2, 0) is 5.54 Å². The second-order valence-electron chi connectivity index (χ2n) is 2.96. The first-order valence-electron chi connectivity index (χ1n) is 3.30. The standard InChI is InChI=1S/C8H12N2.2ClH/c1-8(2,9)7-4-3-5-10-6-7;;/h3-6H,9H2,1-2H3;2*1H. The maximum absolute atomic E-state index is 5.82. The Morgan fingerprint density at radius 3 is 2.17 bits per heavy atom. The molecule has 0 amide bonds. The van der Waals surface area contributed by atoms with Crippen molar-refractivity contribution in [1.82, 2.24) is 4.98 Å². The summed E-state index contributed by atoms with van der Waals surface area (Å²) in [5, 5.41) is 0. The van der Waals surface area contributed by atoms with Gasteiger partial charge >= 0.3 is 0 Å². The van der Waals surface area contributed by atoms with Gasteiger partial charge in [-0.1, -0.05) is 6.07 Å². The smallest absolute Gasteiger partial charge is 0.0367 e. The molecule has 0 aliphatic heterocycles. The minimum absolute atomic E-state index is 0. The lowest BCUT2D eigenvalue weighted by atomic mass is 9.98. The predicted octanol–water partition coefficient (Wildman–Crippen LogP) is 2.12. The summed E-state index contributed by atoms with van der Waals surface area (Å²) in [7, 11) is 0. The van der Waals surface area contributed by atoms with E-state index in [1.54, 1.807) is 12.4 Å². The van der Waals surface area contributed by atoms with Gasteiger partial charge in [0.2, 0.25) is 0 Å². The number of aromatic nitrogens is 1. The molecule has 0 radical (unpaired) electrons. The minimum Gasteiger partial charge on any atom is -0.322 e. The molecule has 0 atom stereocenters. The van der Waals surface area contributed by atoms with Crippen molar-refractivity contribution < 1.29 is 0 Å². The molecule has 0 aliphatic carbocycles. The summed E-state index contributed by atoms with van der Waals surface area (Å²) >= 11 is 0.